The predicted molar refractivity (Wildman–Crippen MR) is 110 cm³/mol. The summed E-state index contributed by atoms with van der Waals surface area (Å²) >= 11 is 1.24. The summed E-state index contributed by atoms with van der Waals surface area (Å²) < 4.78 is 4.52. The number of methoxy groups -OCH3 is 1. The highest BCUT2D eigenvalue weighted by Gasteiger charge is 2.28. The zero-order chi connectivity index (χ0) is 21.0. The summed E-state index contributed by atoms with van der Waals surface area (Å²) in [5, 5.41) is 15.6. The van der Waals surface area contributed by atoms with E-state index in [0.717, 1.165) is 18.4 Å². The molecular weight excluding hydrogens is 392 g/mol. The van der Waals surface area contributed by atoms with E-state index >= 15 is 0 Å². The third-order valence-corrected chi connectivity index (χ3v) is 5.33. The monoisotopic (exact) mass is 414 g/mol. The van der Waals surface area contributed by atoms with Crippen molar-refractivity contribution in [2.45, 2.75) is 32.2 Å². The maximum Gasteiger partial charge on any atom is 0.352 e. The van der Waals surface area contributed by atoms with Crippen LogP contribution >= 0.6 is 11.3 Å². The first-order valence-electron chi connectivity index (χ1n) is 9.27. The number of rotatable bonds is 8. The second kappa shape index (κ2) is 8.95. The number of hydrogen-bond acceptors (Lipinski definition) is 7. The number of amides is 2. The number of esters is 1. The number of aromatic nitrogens is 1. The molecular formula is C20H22N4O4S. The van der Waals surface area contributed by atoms with Crippen molar-refractivity contribution in [1.29, 1.82) is 5.41 Å². The lowest BCUT2D eigenvalue weighted by atomic mass is 9.99. The van der Waals surface area contributed by atoms with Crippen molar-refractivity contribution in [3.8, 4) is 11.3 Å². The van der Waals surface area contributed by atoms with Crippen molar-refractivity contribution in [2.75, 3.05) is 12.4 Å². The van der Waals surface area contributed by atoms with E-state index in [1.165, 1.54) is 18.4 Å². The van der Waals surface area contributed by atoms with Crippen molar-refractivity contribution in [3.05, 3.63) is 35.2 Å². The Labute approximate surface area is 172 Å². The average Bonchev–Trinajstić information content (AvgIpc) is 3.42. The largest absolute Gasteiger partial charge is 0.465 e. The Morgan fingerprint density at radius 1 is 1.28 bits per heavy atom. The molecule has 2 amide bonds. The van der Waals surface area contributed by atoms with Gasteiger partial charge in [0.25, 0.3) is 5.91 Å². The summed E-state index contributed by atoms with van der Waals surface area (Å²) in [7, 11) is 1.18. The van der Waals surface area contributed by atoms with Gasteiger partial charge in [-0.2, -0.15) is 0 Å². The molecule has 0 bridgehead atoms. The molecule has 1 saturated carbocycles. The second-order valence-corrected chi connectivity index (χ2v) is 7.58. The molecule has 0 radical (unpaired) electrons. The summed E-state index contributed by atoms with van der Waals surface area (Å²) in [6.07, 6.45) is 2.37. The Morgan fingerprint density at radius 3 is 2.55 bits per heavy atom. The van der Waals surface area contributed by atoms with Crippen molar-refractivity contribution in [1.82, 2.24) is 10.3 Å². The molecule has 1 aromatic heterocycles. The van der Waals surface area contributed by atoms with Crippen LogP contribution in [-0.2, 0) is 14.3 Å². The van der Waals surface area contributed by atoms with Crippen LogP contribution in [0.4, 0.5) is 5.13 Å². The van der Waals surface area contributed by atoms with Gasteiger partial charge in [0.05, 0.1) is 18.7 Å². The van der Waals surface area contributed by atoms with E-state index in [1.807, 2.05) is 12.1 Å². The van der Waals surface area contributed by atoms with Crippen LogP contribution in [0.3, 0.4) is 0 Å². The number of benzene rings is 1. The minimum absolute atomic E-state index is 0.0797. The summed E-state index contributed by atoms with van der Waals surface area (Å²) in [6.45, 7) is 1.72. The van der Waals surface area contributed by atoms with Crippen molar-refractivity contribution < 1.29 is 19.1 Å². The molecule has 0 aliphatic heterocycles. The van der Waals surface area contributed by atoms with Gasteiger partial charge in [-0.1, -0.05) is 19.1 Å². The molecule has 1 aromatic carbocycles. The summed E-state index contributed by atoms with van der Waals surface area (Å²) in [5.74, 6) is -2.28. The van der Waals surface area contributed by atoms with Gasteiger partial charge >= 0.3 is 5.97 Å². The van der Waals surface area contributed by atoms with E-state index in [4.69, 9.17) is 5.41 Å². The van der Waals surface area contributed by atoms with Crippen LogP contribution in [0.2, 0.25) is 0 Å². The molecule has 1 aliphatic rings. The van der Waals surface area contributed by atoms with Crippen LogP contribution in [0.25, 0.3) is 11.3 Å². The van der Waals surface area contributed by atoms with E-state index in [-0.39, 0.29) is 11.6 Å². The molecule has 0 saturated heterocycles. The number of nitrogens with zero attached hydrogens (tertiary/aromatic N) is 1. The van der Waals surface area contributed by atoms with Gasteiger partial charge in [-0.15, -0.1) is 11.3 Å². The first-order chi connectivity index (χ1) is 13.9. The maximum atomic E-state index is 12.4. The fraction of sp³-hybridized carbons (Fsp3) is 0.350. The maximum absolute atomic E-state index is 12.4. The predicted octanol–water partition coefficient (Wildman–Crippen LogP) is 2.86. The van der Waals surface area contributed by atoms with Crippen LogP contribution in [0, 0.1) is 11.3 Å². The molecule has 9 heteroatoms. The molecule has 1 unspecified atom stereocenters. The molecule has 1 atom stereocenters. The van der Waals surface area contributed by atoms with E-state index in [2.05, 4.69) is 20.4 Å². The number of thiazole rings is 1. The molecule has 1 heterocycles. The second-order valence-electron chi connectivity index (χ2n) is 6.72. The first kappa shape index (κ1) is 20.7. The van der Waals surface area contributed by atoms with Gasteiger partial charge in [-0.05, 0) is 31.4 Å². The molecule has 1 aliphatic carbocycles. The van der Waals surface area contributed by atoms with Crippen LogP contribution < -0.4 is 10.6 Å². The fourth-order valence-corrected chi connectivity index (χ4v) is 3.44. The molecule has 3 rings (SSSR count). The Morgan fingerprint density at radius 2 is 1.97 bits per heavy atom. The highest BCUT2D eigenvalue weighted by molar-refractivity contribution is 7.14. The normalized spacial score (nSPS) is 14.0. The SMILES string of the molecule is CCC(C(=N)C(=O)OC)C(=O)Nc1nc(-c2ccc(C(=O)NC3CC3)cc2)cs1. The summed E-state index contributed by atoms with van der Waals surface area (Å²) in [4.78, 5) is 40.4. The Hall–Kier alpha value is -3.07. The molecule has 29 heavy (non-hydrogen) atoms. The minimum atomic E-state index is -0.904. The van der Waals surface area contributed by atoms with Crippen molar-refractivity contribution in [3.63, 3.8) is 0 Å². The third kappa shape index (κ3) is 5.05. The smallest absolute Gasteiger partial charge is 0.352 e. The quantitative estimate of drug-likeness (QED) is 0.453. The van der Waals surface area contributed by atoms with Crippen LogP contribution in [0.15, 0.2) is 29.6 Å². The highest BCUT2D eigenvalue weighted by Crippen LogP contribution is 2.26. The number of carbonyl (C=O) groups is 3. The van der Waals surface area contributed by atoms with Gasteiger partial charge in [-0.3, -0.25) is 15.0 Å². The average molecular weight is 414 g/mol. The van der Waals surface area contributed by atoms with Gasteiger partial charge in [0.15, 0.2) is 5.13 Å². The Kier molecular flexibility index (Phi) is 6.38. The molecule has 3 N–H and O–H groups in total. The molecule has 0 spiro atoms. The van der Waals surface area contributed by atoms with Gasteiger partial charge < -0.3 is 15.4 Å². The molecule has 8 nitrogen and oxygen atoms in total. The van der Waals surface area contributed by atoms with Crippen LogP contribution in [0.5, 0.6) is 0 Å². The number of nitrogens with one attached hydrogen (secondary N) is 3. The van der Waals surface area contributed by atoms with Crippen LogP contribution in [-0.4, -0.2) is 41.6 Å². The molecule has 152 valence electrons. The lowest BCUT2D eigenvalue weighted by molar-refractivity contribution is -0.134. The number of anilines is 1. The first-order valence-corrected chi connectivity index (χ1v) is 10.1. The lowest BCUT2D eigenvalue weighted by Crippen LogP contribution is -2.33. The standard InChI is InChI=1S/C20H22N4O4S/c1-3-14(16(21)19(27)28-2)18(26)24-20-23-15(10-29-20)11-4-6-12(7-5-11)17(25)22-13-8-9-13/h4-7,10,13-14,21H,3,8-9H2,1-2H3,(H,22,25)(H,23,24,26). The lowest BCUT2D eigenvalue weighted by Gasteiger charge is -2.13. The topological polar surface area (TPSA) is 121 Å². The summed E-state index contributed by atoms with van der Waals surface area (Å²) in [5.41, 5.74) is 1.69. The van der Waals surface area contributed by atoms with E-state index < -0.39 is 17.8 Å². The number of hydrogen-bond donors (Lipinski definition) is 3. The fourth-order valence-electron chi connectivity index (χ4n) is 2.72. The Bertz CT molecular complexity index is 934. The third-order valence-electron chi connectivity index (χ3n) is 4.57. The zero-order valence-electron chi connectivity index (χ0n) is 16.2. The minimum Gasteiger partial charge on any atom is -0.465 e. The highest BCUT2D eigenvalue weighted by atomic mass is 32.1. The zero-order valence-corrected chi connectivity index (χ0v) is 17.0. The van der Waals surface area contributed by atoms with Crippen LogP contribution in [0.1, 0.15) is 36.5 Å². The number of carbonyl (C=O) groups excluding carboxylic acids is 3. The van der Waals surface area contributed by atoms with Gasteiger partial charge in [-0.25, -0.2) is 9.78 Å². The van der Waals surface area contributed by atoms with Gasteiger partial charge in [0.2, 0.25) is 5.91 Å². The van der Waals surface area contributed by atoms with Crippen molar-refractivity contribution >= 4 is 40.0 Å². The molecule has 2 aromatic rings. The van der Waals surface area contributed by atoms with E-state index in [9.17, 15) is 14.4 Å². The molecule has 1 fully saturated rings. The summed E-state index contributed by atoms with van der Waals surface area (Å²) in [6, 6.07) is 7.42. The number of ether oxygens (including phenoxy) is 1. The Balaban J connectivity index is 1.65. The van der Waals surface area contributed by atoms with Gasteiger partial charge in [0.1, 0.15) is 5.71 Å². The van der Waals surface area contributed by atoms with E-state index in [1.54, 1.807) is 24.4 Å². The van der Waals surface area contributed by atoms with Gasteiger partial charge in [0, 0.05) is 22.5 Å². The van der Waals surface area contributed by atoms with E-state index in [0.29, 0.717) is 28.9 Å². The van der Waals surface area contributed by atoms with Crippen molar-refractivity contribution in [2.24, 2.45) is 5.92 Å².